The average molecular weight is 254 g/mol. The van der Waals surface area contributed by atoms with E-state index in [1.165, 1.54) is 12.1 Å². The molecule has 0 fully saturated rings. The molecule has 0 aliphatic carbocycles. The molecule has 18 heavy (non-hydrogen) atoms. The molecule has 0 bridgehead atoms. The van der Waals surface area contributed by atoms with Gasteiger partial charge in [0, 0.05) is 11.6 Å². The van der Waals surface area contributed by atoms with Crippen LogP contribution in [0.4, 0.5) is 13.2 Å². The lowest BCUT2D eigenvalue weighted by atomic mass is 10.1. The number of rotatable bonds is 0. The van der Waals surface area contributed by atoms with Crippen molar-refractivity contribution in [2.24, 2.45) is 0 Å². The second kappa shape index (κ2) is 3.34. The largest absolute Gasteiger partial charge is 0.418 e. The number of pyridine rings is 1. The van der Waals surface area contributed by atoms with E-state index in [2.05, 4.69) is 14.7 Å². The van der Waals surface area contributed by atoms with Crippen LogP contribution in [0.5, 0.6) is 0 Å². The monoisotopic (exact) mass is 254 g/mol. The third-order valence-electron chi connectivity index (χ3n) is 2.67. The molecular weight excluding hydrogens is 249 g/mol. The van der Waals surface area contributed by atoms with Crippen molar-refractivity contribution in [1.82, 2.24) is 10.1 Å². The van der Waals surface area contributed by atoms with Gasteiger partial charge in [-0.15, -0.1) is 0 Å². The normalized spacial score (nSPS) is 12.4. The van der Waals surface area contributed by atoms with Crippen LogP contribution in [0.15, 0.2) is 33.7 Å². The number of H-pyrrole nitrogens is 1. The predicted molar refractivity (Wildman–Crippen MR) is 57.1 cm³/mol. The highest BCUT2D eigenvalue weighted by Gasteiger charge is 2.33. The Balaban J connectivity index is 2.51. The number of nitrogens with zero attached hydrogens (tertiary/aromatic N) is 1. The van der Waals surface area contributed by atoms with Crippen LogP contribution < -0.4 is 5.63 Å². The third kappa shape index (κ3) is 1.40. The number of hydrogen-bond donors (Lipinski definition) is 1. The van der Waals surface area contributed by atoms with E-state index < -0.39 is 17.4 Å². The molecular formula is C11H5F3N2O2. The topological polar surface area (TPSA) is 58.9 Å². The maximum atomic E-state index is 12.8. The van der Waals surface area contributed by atoms with Gasteiger partial charge in [-0.2, -0.15) is 13.2 Å². The van der Waals surface area contributed by atoms with Gasteiger partial charge in [0.2, 0.25) is 0 Å². The van der Waals surface area contributed by atoms with Gasteiger partial charge in [-0.3, -0.25) is 4.98 Å². The molecule has 92 valence electrons. The highest BCUT2D eigenvalue weighted by atomic mass is 19.4. The lowest BCUT2D eigenvalue weighted by Gasteiger charge is -2.09. The van der Waals surface area contributed by atoms with Crippen LogP contribution in [-0.2, 0) is 6.18 Å². The van der Waals surface area contributed by atoms with Gasteiger partial charge in [0.25, 0.3) is 0 Å². The van der Waals surface area contributed by atoms with E-state index >= 15 is 0 Å². The molecule has 1 aromatic carbocycles. The fourth-order valence-corrected chi connectivity index (χ4v) is 1.87. The highest BCUT2D eigenvalue weighted by Crippen LogP contribution is 2.34. The first kappa shape index (κ1) is 10.8. The van der Waals surface area contributed by atoms with Crippen molar-refractivity contribution in [3.8, 4) is 0 Å². The Labute approximate surface area is 97.0 Å². The number of benzene rings is 1. The molecule has 1 N–H and O–H groups in total. The Morgan fingerprint density at radius 1 is 1.22 bits per heavy atom. The maximum Gasteiger partial charge on any atom is 0.418 e. The van der Waals surface area contributed by atoms with E-state index in [4.69, 9.17) is 0 Å². The number of aromatic nitrogens is 2. The number of hydrogen-bond acceptors (Lipinski definition) is 3. The SMILES string of the molecule is O=c1o[nH]c2c1cnc1c(C(F)(F)F)cccc12. The van der Waals surface area contributed by atoms with Crippen LogP contribution in [0, 0.1) is 0 Å². The summed E-state index contributed by atoms with van der Waals surface area (Å²) in [6.07, 6.45) is -3.42. The van der Waals surface area contributed by atoms with Gasteiger partial charge in [0.05, 0.1) is 16.6 Å². The molecule has 2 aromatic heterocycles. The minimum absolute atomic E-state index is 0.127. The van der Waals surface area contributed by atoms with Gasteiger partial charge in [0.1, 0.15) is 5.39 Å². The molecule has 0 saturated heterocycles. The van der Waals surface area contributed by atoms with Crippen LogP contribution in [0.1, 0.15) is 5.56 Å². The maximum absolute atomic E-state index is 12.8. The third-order valence-corrected chi connectivity index (χ3v) is 2.67. The average Bonchev–Trinajstić information content (AvgIpc) is 2.69. The molecule has 0 aliphatic rings. The molecule has 0 unspecified atom stereocenters. The van der Waals surface area contributed by atoms with Gasteiger partial charge >= 0.3 is 11.8 Å². The van der Waals surface area contributed by atoms with Gasteiger partial charge in [0.15, 0.2) is 0 Å². The Kier molecular flexibility index (Phi) is 2.01. The van der Waals surface area contributed by atoms with Crippen molar-refractivity contribution < 1.29 is 17.7 Å². The number of alkyl halides is 3. The first-order valence-corrected chi connectivity index (χ1v) is 4.94. The first-order chi connectivity index (χ1) is 8.48. The zero-order valence-electron chi connectivity index (χ0n) is 8.71. The highest BCUT2D eigenvalue weighted by molar-refractivity contribution is 6.03. The molecule has 0 saturated carbocycles. The molecule has 0 spiro atoms. The second-order valence-electron chi connectivity index (χ2n) is 3.74. The fraction of sp³-hybridized carbons (Fsp3) is 0.0909. The molecule has 0 atom stereocenters. The summed E-state index contributed by atoms with van der Waals surface area (Å²) in [5.74, 6) is 0. The number of fused-ring (bicyclic) bond motifs is 3. The van der Waals surface area contributed by atoms with Crippen LogP contribution in [0.25, 0.3) is 21.8 Å². The van der Waals surface area contributed by atoms with E-state index in [0.717, 1.165) is 12.3 Å². The first-order valence-electron chi connectivity index (χ1n) is 4.94. The molecule has 3 aromatic rings. The molecule has 0 radical (unpaired) electrons. The zero-order chi connectivity index (χ0) is 12.9. The quantitative estimate of drug-likeness (QED) is 0.671. The number of aromatic amines is 1. The van der Waals surface area contributed by atoms with E-state index in [1.54, 1.807) is 0 Å². The minimum Gasteiger partial charge on any atom is -0.338 e. The van der Waals surface area contributed by atoms with E-state index in [-0.39, 0.29) is 21.8 Å². The van der Waals surface area contributed by atoms with Crippen molar-refractivity contribution in [2.45, 2.75) is 6.18 Å². The van der Waals surface area contributed by atoms with E-state index in [9.17, 15) is 18.0 Å². The number of para-hydroxylation sites is 1. The van der Waals surface area contributed by atoms with Crippen molar-refractivity contribution in [1.29, 1.82) is 0 Å². The lowest BCUT2D eigenvalue weighted by Crippen LogP contribution is -2.06. The van der Waals surface area contributed by atoms with E-state index in [1.807, 2.05) is 0 Å². The molecule has 4 nitrogen and oxygen atoms in total. The minimum atomic E-state index is -4.50. The summed E-state index contributed by atoms with van der Waals surface area (Å²) in [5.41, 5.74) is -1.49. The zero-order valence-corrected chi connectivity index (χ0v) is 8.71. The van der Waals surface area contributed by atoms with Crippen molar-refractivity contribution in [3.05, 3.63) is 40.4 Å². The molecule has 7 heteroatoms. The van der Waals surface area contributed by atoms with Crippen LogP contribution in [0.3, 0.4) is 0 Å². The Bertz CT molecular complexity index is 801. The smallest absolute Gasteiger partial charge is 0.338 e. The van der Waals surface area contributed by atoms with Crippen LogP contribution in [0.2, 0.25) is 0 Å². The van der Waals surface area contributed by atoms with Crippen molar-refractivity contribution in [3.63, 3.8) is 0 Å². The van der Waals surface area contributed by atoms with E-state index in [0.29, 0.717) is 0 Å². The Hall–Kier alpha value is -2.31. The second-order valence-corrected chi connectivity index (χ2v) is 3.74. The number of nitrogens with one attached hydrogen (secondary N) is 1. The Morgan fingerprint density at radius 3 is 2.72 bits per heavy atom. The van der Waals surface area contributed by atoms with Crippen LogP contribution >= 0.6 is 0 Å². The van der Waals surface area contributed by atoms with Gasteiger partial charge in [-0.1, -0.05) is 12.1 Å². The molecule has 3 rings (SSSR count). The summed E-state index contributed by atoms with van der Waals surface area (Å²) in [4.78, 5) is 15.0. The molecule has 0 amide bonds. The standard InChI is InChI=1S/C11H5F3N2O2/c12-11(13,14)7-3-1-2-5-8-6(4-15-9(5)7)10(17)18-16-8/h1-4,16H. The van der Waals surface area contributed by atoms with Crippen LogP contribution in [-0.4, -0.2) is 10.1 Å². The summed E-state index contributed by atoms with van der Waals surface area (Å²) in [5, 5.41) is 2.64. The summed E-state index contributed by atoms with van der Waals surface area (Å²) < 4.78 is 42.9. The molecule has 2 heterocycles. The summed E-state index contributed by atoms with van der Waals surface area (Å²) in [6.45, 7) is 0. The summed E-state index contributed by atoms with van der Waals surface area (Å²) in [6, 6.07) is 3.66. The van der Waals surface area contributed by atoms with Gasteiger partial charge < -0.3 is 4.52 Å². The predicted octanol–water partition coefficient (Wildman–Crippen LogP) is 2.69. The van der Waals surface area contributed by atoms with Gasteiger partial charge in [-0.05, 0) is 6.07 Å². The lowest BCUT2D eigenvalue weighted by molar-refractivity contribution is -0.136. The molecule has 0 aliphatic heterocycles. The van der Waals surface area contributed by atoms with Crippen molar-refractivity contribution >= 4 is 21.8 Å². The Morgan fingerprint density at radius 2 is 2.00 bits per heavy atom. The van der Waals surface area contributed by atoms with Gasteiger partial charge in [-0.25, -0.2) is 9.95 Å². The van der Waals surface area contributed by atoms with Crippen molar-refractivity contribution in [2.75, 3.05) is 0 Å². The fourth-order valence-electron chi connectivity index (χ4n) is 1.87. The summed E-state index contributed by atoms with van der Waals surface area (Å²) in [7, 11) is 0. The number of halogens is 3. The summed E-state index contributed by atoms with van der Waals surface area (Å²) >= 11 is 0.